The molecule has 1 aliphatic carbocycles. The maximum atomic E-state index is 12.5. The van der Waals surface area contributed by atoms with Crippen molar-refractivity contribution < 1.29 is 9.53 Å². The number of carbonyl (C=O) groups excluding carboxylic acids is 1. The maximum Gasteiger partial charge on any atom is 0.225 e. The zero-order valence-electron chi connectivity index (χ0n) is 10.8. The number of hydrogen-bond donors (Lipinski definition) is 1. The van der Waals surface area contributed by atoms with Crippen LogP contribution in [0.5, 0.6) is 0 Å². The molecule has 1 saturated heterocycles. The summed E-state index contributed by atoms with van der Waals surface area (Å²) in [7, 11) is 0. The summed E-state index contributed by atoms with van der Waals surface area (Å²) in [6.07, 6.45) is 6.70. The first-order valence-electron chi connectivity index (χ1n) is 6.88. The van der Waals surface area contributed by atoms with Crippen LogP contribution in [0, 0.1) is 5.92 Å². The summed E-state index contributed by atoms with van der Waals surface area (Å²) >= 11 is 4.95. The Kier molecular flexibility index (Phi) is 4.95. The van der Waals surface area contributed by atoms with Crippen molar-refractivity contribution >= 4 is 23.1 Å². The van der Waals surface area contributed by atoms with Crippen LogP contribution in [0.2, 0.25) is 0 Å². The van der Waals surface area contributed by atoms with Gasteiger partial charge < -0.3 is 15.4 Å². The fourth-order valence-electron chi connectivity index (χ4n) is 2.81. The van der Waals surface area contributed by atoms with Gasteiger partial charge in [0.2, 0.25) is 5.91 Å². The first-order valence-corrected chi connectivity index (χ1v) is 7.29. The third-order valence-corrected chi connectivity index (χ3v) is 4.16. The highest BCUT2D eigenvalue weighted by Gasteiger charge is 2.30. The van der Waals surface area contributed by atoms with E-state index in [4.69, 9.17) is 22.7 Å². The van der Waals surface area contributed by atoms with E-state index >= 15 is 0 Å². The van der Waals surface area contributed by atoms with Crippen molar-refractivity contribution in [3.8, 4) is 0 Å². The lowest BCUT2D eigenvalue weighted by atomic mass is 9.98. The SMILES string of the molecule is NC(=S)C1CN(C(=O)C2CCCCCC2)CCO1. The van der Waals surface area contributed by atoms with E-state index in [0.717, 1.165) is 12.8 Å². The Hall–Kier alpha value is -0.680. The number of morpholine rings is 1. The standard InChI is InChI=1S/C13H22N2O2S/c14-12(18)11-9-15(7-8-17-11)13(16)10-5-3-1-2-4-6-10/h10-11H,1-9H2,(H2,14,18). The van der Waals surface area contributed by atoms with E-state index in [1.165, 1.54) is 25.7 Å². The highest BCUT2D eigenvalue weighted by molar-refractivity contribution is 7.80. The fraction of sp³-hybridized carbons (Fsp3) is 0.846. The number of rotatable bonds is 2. The molecular weight excluding hydrogens is 248 g/mol. The van der Waals surface area contributed by atoms with E-state index in [1.54, 1.807) is 0 Å². The Morgan fingerprint density at radius 2 is 1.89 bits per heavy atom. The second-order valence-corrected chi connectivity index (χ2v) is 5.71. The van der Waals surface area contributed by atoms with Gasteiger partial charge in [0.1, 0.15) is 11.1 Å². The lowest BCUT2D eigenvalue weighted by Gasteiger charge is -2.34. The number of nitrogens with two attached hydrogens (primary N) is 1. The molecule has 2 N–H and O–H groups in total. The molecule has 1 atom stereocenters. The summed E-state index contributed by atoms with van der Waals surface area (Å²) in [5, 5.41) is 0. The van der Waals surface area contributed by atoms with Gasteiger partial charge in [0, 0.05) is 12.5 Å². The average Bonchev–Trinajstić information content (AvgIpc) is 2.67. The quantitative estimate of drug-likeness (QED) is 0.610. The number of thiocarbonyl (C=S) groups is 1. The van der Waals surface area contributed by atoms with Crippen LogP contribution in [-0.4, -0.2) is 41.6 Å². The van der Waals surface area contributed by atoms with E-state index in [-0.39, 0.29) is 17.9 Å². The van der Waals surface area contributed by atoms with Crippen molar-refractivity contribution in [2.24, 2.45) is 11.7 Å². The van der Waals surface area contributed by atoms with Crippen molar-refractivity contribution in [2.75, 3.05) is 19.7 Å². The summed E-state index contributed by atoms with van der Waals surface area (Å²) in [6, 6.07) is 0. The molecule has 0 aromatic rings. The molecule has 1 amide bonds. The molecule has 0 aromatic heterocycles. The molecule has 1 heterocycles. The Labute approximate surface area is 114 Å². The number of amides is 1. The van der Waals surface area contributed by atoms with Gasteiger partial charge in [-0.15, -0.1) is 0 Å². The van der Waals surface area contributed by atoms with Gasteiger partial charge in [-0.3, -0.25) is 4.79 Å². The summed E-state index contributed by atoms with van der Waals surface area (Å²) < 4.78 is 5.47. The largest absolute Gasteiger partial charge is 0.391 e. The van der Waals surface area contributed by atoms with E-state index in [9.17, 15) is 4.79 Å². The number of ether oxygens (including phenoxy) is 1. The van der Waals surface area contributed by atoms with Crippen molar-refractivity contribution in [2.45, 2.75) is 44.6 Å². The summed E-state index contributed by atoms with van der Waals surface area (Å²) in [6.45, 7) is 1.75. The molecule has 5 heteroatoms. The Balaban J connectivity index is 1.92. The second-order valence-electron chi connectivity index (χ2n) is 5.23. The van der Waals surface area contributed by atoms with Crippen molar-refractivity contribution in [3.05, 3.63) is 0 Å². The maximum absolute atomic E-state index is 12.5. The third kappa shape index (κ3) is 3.42. The van der Waals surface area contributed by atoms with Gasteiger partial charge in [-0.1, -0.05) is 37.9 Å². The highest BCUT2D eigenvalue weighted by atomic mass is 32.1. The van der Waals surface area contributed by atoms with Crippen molar-refractivity contribution in [1.82, 2.24) is 4.90 Å². The monoisotopic (exact) mass is 270 g/mol. The molecule has 1 saturated carbocycles. The zero-order chi connectivity index (χ0) is 13.0. The summed E-state index contributed by atoms with van der Waals surface area (Å²) in [5.41, 5.74) is 5.60. The van der Waals surface area contributed by atoms with Crippen LogP contribution >= 0.6 is 12.2 Å². The molecule has 18 heavy (non-hydrogen) atoms. The average molecular weight is 270 g/mol. The number of nitrogens with zero attached hydrogens (tertiary/aromatic N) is 1. The first-order chi connectivity index (χ1) is 8.68. The number of carbonyl (C=O) groups is 1. The lowest BCUT2D eigenvalue weighted by Crippen LogP contribution is -2.51. The molecule has 2 rings (SSSR count). The highest BCUT2D eigenvalue weighted by Crippen LogP contribution is 2.25. The van der Waals surface area contributed by atoms with Gasteiger partial charge in [-0.2, -0.15) is 0 Å². The topological polar surface area (TPSA) is 55.6 Å². The lowest BCUT2D eigenvalue weighted by molar-refractivity contribution is -0.141. The Morgan fingerprint density at radius 1 is 1.22 bits per heavy atom. The van der Waals surface area contributed by atoms with Gasteiger partial charge in [0.15, 0.2) is 0 Å². The van der Waals surface area contributed by atoms with Crippen LogP contribution in [0.1, 0.15) is 38.5 Å². The molecule has 0 bridgehead atoms. The molecule has 2 fully saturated rings. The normalized spacial score (nSPS) is 26.7. The predicted molar refractivity (Wildman–Crippen MR) is 74.3 cm³/mol. The van der Waals surface area contributed by atoms with E-state index < -0.39 is 0 Å². The van der Waals surface area contributed by atoms with Gasteiger partial charge in [0.05, 0.1) is 13.2 Å². The second kappa shape index (κ2) is 6.48. The third-order valence-electron chi connectivity index (χ3n) is 3.90. The minimum Gasteiger partial charge on any atom is -0.391 e. The van der Waals surface area contributed by atoms with Crippen LogP contribution in [-0.2, 0) is 9.53 Å². The van der Waals surface area contributed by atoms with Gasteiger partial charge in [-0.25, -0.2) is 0 Å². The molecule has 1 unspecified atom stereocenters. The van der Waals surface area contributed by atoms with Crippen molar-refractivity contribution in [1.29, 1.82) is 0 Å². The Bertz CT molecular complexity index is 314. The first kappa shape index (κ1) is 13.7. The summed E-state index contributed by atoms with van der Waals surface area (Å²) in [5.74, 6) is 0.485. The molecule has 0 aromatic carbocycles. The molecule has 0 spiro atoms. The van der Waals surface area contributed by atoms with E-state index in [1.807, 2.05) is 4.90 Å². The molecule has 102 valence electrons. The van der Waals surface area contributed by atoms with Gasteiger partial charge in [0.25, 0.3) is 0 Å². The van der Waals surface area contributed by atoms with Gasteiger partial charge in [-0.05, 0) is 12.8 Å². The van der Waals surface area contributed by atoms with Crippen molar-refractivity contribution in [3.63, 3.8) is 0 Å². The fourth-order valence-corrected chi connectivity index (χ4v) is 2.95. The molecule has 2 aliphatic rings. The molecule has 4 nitrogen and oxygen atoms in total. The van der Waals surface area contributed by atoms with E-state index in [0.29, 0.717) is 24.7 Å². The van der Waals surface area contributed by atoms with Gasteiger partial charge >= 0.3 is 0 Å². The minimum atomic E-state index is -0.261. The van der Waals surface area contributed by atoms with E-state index in [2.05, 4.69) is 0 Å². The molecule has 0 radical (unpaired) electrons. The van der Waals surface area contributed by atoms with Crippen LogP contribution in [0.15, 0.2) is 0 Å². The Morgan fingerprint density at radius 3 is 2.50 bits per heavy atom. The smallest absolute Gasteiger partial charge is 0.225 e. The van der Waals surface area contributed by atoms with Crippen LogP contribution in [0.4, 0.5) is 0 Å². The zero-order valence-corrected chi connectivity index (χ0v) is 11.6. The molecule has 1 aliphatic heterocycles. The minimum absolute atomic E-state index is 0.206. The van der Waals surface area contributed by atoms with Crippen LogP contribution in [0.3, 0.4) is 0 Å². The van der Waals surface area contributed by atoms with Crippen LogP contribution < -0.4 is 5.73 Å². The molecular formula is C13H22N2O2S. The number of hydrogen-bond acceptors (Lipinski definition) is 3. The van der Waals surface area contributed by atoms with Crippen LogP contribution in [0.25, 0.3) is 0 Å². The predicted octanol–water partition coefficient (Wildman–Crippen LogP) is 1.47. The summed E-state index contributed by atoms with van der Waals surface area (Å²) in [4.78, 5) is 14.7.